The van der Waals surface area contributed by atoms with Crippen LogP contribution in [0.5, 0.6) is 0 Å². The van der Waals surface area contributed by atoms with E-state index in [2.05, 4.69) is 16.9 Å². The largest absolute Gasteiger partial charge is 0.296 e. The lowest BCUT2D eigenvalue weighted by Crippen LogP contribution is -2.41. The van der Waals surface area contributed by atoms with Gasteiger partial charge in [-0.25, -0.2) is 13.4 Å². The monoisotopic (exact) mass is 397 g/mol. The molecule has 1 aliphatic carbocycles. The Hall–Kier alpha value is -0.800. The predicted octanol–water partition coefficient (Wildman–Crippen LogP) is 3.19. The van der Waals surface area contributed by atoms with Crippen molar-refractivity contribution >= 4 is 32.7 Å². The molecule has 0 N–H and O–H groups in total. The van der Waals surface area contributed by atoms with E-state index in [-0.39, 0.29) is 0 Å². The summed E-state index contributed by atoms with van der Waals surface area (Å²) in [5, 5.41) is 3.17. The number of aryl methyl sites for hydroxylation is 1. The molecule has 1 saturated carbocycles. The van der Waals surface area contributed by atoms with Crippen LogP contribution in [-0.2, 0) is 16.6 Å². The van der Waals surface area contributed by atoms with E-state index in [0.717, 1.165) is 29.3 Å². The second-order valence-electron chi connectivity index (χ2n) is 7.19. The normalized spacial score (nSPS) is 23.4. The molecule has 2 fully saturated rings. The van der Waals surface area contributed by atoms with Crippen LogP contribution in [0.1, 0.15) is 29.1 Å². The Morgan fingerprint density at radius 2 is 2.12 bits per heavy atom. The van der Waals surface area contributed by atoms with Crippen LogP contribution >= 0.6 is 22.7 Å². The molecule has 8 heteroatoms. The highest BCUT2D eigenvalue weighted by Crippen LogP contribution is 2.57. The highest BCUT2D eigenvalue weighted by molar-refractivity contribution is 7.91. The van der Waals surface area contributed by atoms with E-state index in [1.54, 1.807) is 21.7 Å². The summed E-state index contributed by atoms with van der Waals surface area (Å²) in [6.45, 7) is 4.12. The first kappa shape index (κ1) is 17.6. The van der Waals surface area contributed by atoms with Gasteiger partial charge in [-0.05, 0) is 50.8 Å². The van der Waals surface area contributed by atoms with Crippen molar-refractivity contribution in [3.63, 3.8) is 0 Å². The average molecular weight is 398 g/mol. The molecule has 0 bridgehead atoms. The fourth-order valence-corrected chi connectivity index (χ4v) is 7.55. The molecule has 1 spiro atoms. The van der Waals surface area contributed by atoms with E-state index in [4.69, 9.17) is 0 Å². The zero-order valence-electron chi connectivity index (χ0n) is 14.5. The summed E-state index contributed by atoms with van der Waals surface area (Å²) in [6.07, 6.45) is 4.96. The molecule has 0 aromatic carbocycles. The predicted molar refractivity (Wildman–Crippen MR) is 101 cm³/mol. The zero-order valence-corrected chi connectivity index (χ0v) is 17.0. The quantitative estimate of drug-likeness (QED) is 0.778. The van der Waals surface area contributed by atoms with E-state index in [1.165, 1.54) is 17.8 Å². The first-order chi connectivity index (χ1) is 11.9. The lowest BCUT2D eigenvalue weighted by Gasteiger charge is -2.33. The van der Waals surface area contributed by atoms with E-state index in [0.29, 0.717) is 28.8 Å². The molecule has 0 radical (unpaired) electrons. The molecule has 1 aliphatic heterocycles. The molecule has 2 aromatic heterocycles. The molecule has 0 amide bonds. The number of thiazole rings is 1. The number of sulfonamides is 1. The van der Waals surface area contributed by atoms with E-state index in [9.17, 15) is 8.42 Å². The van der Waals surface area contributed by atoms with Gasteiger partial charge in [0.15, 0.2) is 0 Å². The number of piperidine rings is 1. The molecule has 1 atom stereocenters. The summed E-state index contributed by atoms with van der Waals surface area (Å²) in [4.78, 5) is 7.80. The fourth-order valence-electron chi connectivity index (χ4n) is 3.99. The van der Waals surface area contributed by atoms with Gasteiger partial charge >= 0.3 is 0 Å². The van der Waals surface area contributed by atoms with Gasteiger partial charge in [-0.3, -0.25) is 4.90 Å². The van der Waals surface area contributed by atoms with Crippen LogP contribution in [0.3, 0.4) is 0 Å². The first-order valence-corrected chi connectivity index (χ1v) is 11.7. The lowest BCUT2D eigenvalue weighted by molar-refractivity contribution is 0.196. The number of hydrogen-bond donors (Lipinski definition) is 0. The van der Waals surface area contributed by atoms with Gasteiger partial charge in [-0.15, -0.1) is 22.7 Å². The first-order valence-electron chi connectivity index (χ1n) is 8.56. The van der Waals surface area contributed by atoms with Crippen LogP contribution in [0.15, 0.2) is 27.9 Å². The third kappa shape index (κ3) is 3.30. The summed E-state index contributed by atoms with van der Waals surface area (Å²) >= 11 is 3.06. The van der Waals surface area contributed by atoms with Crippen molar-refractivity contribution in [2.24, 2.45) is 5.41 Å². The zero-order chi connectivity index (χ0) is 17.7. The highest BCUT2D eigenvalue weighted by Gasteiger charge is 2.57. The maximum atomic E-state index is 12.8. The molecule has 25 heavy (non-hydrogen) atoms. The topological polar surface area (TPSA) is 53.5 Å². The second kappa shape index (κ2) is 6.42. The van der Waals surface area contributed by atoms with Crippen molar-refractivity contribution in [1.82, 2.24) is 14.2 Å². The molecule has 5 nitrogen and oxygen atoms in total. The number of hydrogen-bond acceptors (Lipinski definition) is 6. The Kier molecular flexibility index (Phi) is 4.52. The summed E-state index contributed by atoms with van der Waals surface area (Å²) in [7, 11) is -1.15. The van der Waals surface area contributed by atoms with E-state index < -0.39 is 10.0 Å². The Morgan fingerprint density at radius 3 is 2.72 bits per heavy atom. The van der Waals surface area contributed by atoms with Gasteiger partial charge in [0.25, 0.3) is 10.0 Å². The van der Waals surface area contributed by atoms with Gasteiger partial charge in [-0.2, -0.15) is 4.31 Å². The molecule has 4 rings (SSSR count). The minimum Gasteiger partial charge on any atom is -0.296 e. The molecule has 1 saturated heterocycles. The standard InChI is InChI=1S/C17H23N3O2S3/c1-13-3-4-16(24-13)25(21,22)20-8-5-17(6-9-20)11-14(17)19(2)12-15-18-7-10-23-15/h3-4,7,10,14H,5-6,8-9,11-12H2,1-2H3. The van der Waals surface area contributed by atoms with Gasteiger partial charge in [-0.1, -0.05) is 0 Å². The van der Waals surface area contributed by atoms with E-state index in [1.807, 2.05) is 24.6 Å². The van der Waals surface area contributed by atoms with Crippen molar-refractivity contribution in [3.8, 4) is 0 Å². The SMILES string of the molecule is Cc1ccc(S(=O)(=O)N2CCC3(CC2)CC3N(C)Cc2nccs2)s1. The number of rotatable bonds is 5. The van der Waals surface area contributed by atoms with Crippen molar-refractivity contribution in [3.05, 3.63) is 33.6 Å². The van der Waals surface area contributed by atoms with Crippen LogP contribution in [0.25, 0.3) is 0 Å². The van der Waals surface area contributed by atoms with Gasteiger partial charge in [0.1, 0.15) is 9.22 Å². The Morgan fingerprint density at radius 1 is 1.36 bits per heavy atom. The summed E-state index contributed by atoms with van der Waals surface area (Å²) in [5.41, 5.74) is 0.309. The molecule has 2 aromatic rings. The number of thiophene rings is 1. The lowest BCUT2D eigenvalue weighted by atomic mass is 9.93. The minimum absolute atomic E-state index is 0.309. The van der Waals surface area contributed by atoms with Crippen LogP contribution in [0.2, 0.25) is 0 Å². The maximum Gasteiger partial charge on any atom is 0.252 e. The van der Waals surface area contributed by atoms with Crippen molar-refractivity contribution in [2.75, 3.05) is 20.1 Å². The van der Waals surface area contributed by atoms with Crippen LogP contribution in [-0.4, -0.2) is 48.8 Å². The second-order valence-corrected chi connectivity index (χ2v) is 11.6. The summed E-state index contributed by atoms with van der Waals surface area (Å²) in [5.74, 6) is 0. The van der Waals surface area contributed by atoms with Gasteiger partial charge in [0.2, 0.25) is 0 Å². The Bertz CT molecular complexity index is 836. The number of aromatic nitrogens is 1. The van der Waals surface area contributed by atoms with Crippen LogP contribution < -0.4 is 0 Å². The van der Waals surface area contributed by atoms with Crippen LogP contribution in [0.4, 0.5) is 0 Å². The van der Waals surface area contributed by atoms with Crippen molar-refractivity contribution in [1.29, 1.82) is 0 Å². The number of nitrogens with zero attached hydrogens (tertiary/aromatic N) is 3. The summed E-state index contributed by atoms with van der Waals surface area (Å²) < 4.78 is 27.7. The molecule has 136 valence electrons. The third-order valence-corrected chi connectivity index (χ3v) is 9.71. The Labute approximate surface area is 157 Å². The Balaban J connectivity index is 1.37. The van der Waals surface area contributed by atoms with Crippen molar-refractivity contribution in [2.45, 2.75) is 43.0 Å². The molecule has 3 heterocycles. The third-order valence-electron chi connectivity index (χ3n) is 5.57. The van der Waals surface area contributed by atoms with Crippen molar-refractivity contribution < 1.29 is 8.42 Å². The van der Waals surface area contributed by atoms with Gasteiger partial charge in [0, 0.05) is 35.6 Å². The van der Waals surface area contributed by atoms with Crippen LogP contribution in [0, 0.1) is 12.3 Å². The smallest absolute Gasteiger partial charge is 0.252 e. The average Bonchev–Trinajstić information content (AvgIpc) is 2.96. The van der Waals surface area contributed by atoms with Gasteiger partial charge in [0.05, 0.1) is 6.54 Å². The highest BCUT2D eigenvalue weighted by atomic mass is 32.2. The molecule has 2 aliphatic rings. The molecular weight excluding hydrogens is 374 g/mol. The van der Waals surface area contributed by atoms with Gasteiger partial charge < -0.3 is 0 Å². The molecular formula is C17H23N3O2S3. The maximum absolute atomic E-state index is 12.8. The molecule has 1 unspecified atom stereocenters. The summed E-state index contributed by atoms with van der Waals surface area (Å²) in [6, 6.07) is 4.18. The fraction of sp³-hybridized carbons (Fsp3) is 0.588. The minimum atomic E-state index is -3.31. The van der Waals surface area contributed by atoms with E-state index >= 15 is 0 Å².